The second kappa shape index (κ2) is 8.83. The molecule has 0 aliphatic rings. The molecule has 0 aliphatic heterocycles. The van der Waals surface area contributed by atoms with Crippen molar-refractivity contribution in [2.75, 3.05) is 7.11 Å². The molecule has 148 valence electrons. The summed E-state index contributed by atoms with van der Waals surface area (Å²) in [5.74, 6) is 0.826. The van der Waals surface area contributed by atoms with Crippen molar-refractivity contribution in [3.63, 3.8) is 0 Å². The molecule has 1 aromatic heterocycles. The van der Waals surface area contributed by atoms with E-state index in [1.54, 1.807) is 43.8 Å². The summed E-state index contributed by atoms with van der Waals surface area (Å²) in [5, 5.41) is 14.1. The number of hydrogen-bond donors (Lipinski definition) is 1. The van der Waals surface area contributed by atoms with Gasteiger partial charge in [-0.25, -0.2) is 4.98 Å². The summed E-state index contributed by atoms with van der Waals surface area (Å²) in [7, 11) is 3.39. The first-order valence-electron chi connectivity index (χ1n) is 8.83. The van der Waals surface area contributed by atoms with Crippen LogP contribution in [0.15, 0.2) is 67.0 Å². The standard InChI is InChI=1S/C21H20N4O4/c1-24-14-13-22-21(24)20(16-8-4-6-10-18(16)29-2)23-19(26)12-11-15-7-3-5-9-17(15)25(27)28/h3-14,20H,1-2H3,(H,23,26)/b12-11+. The summed E-state index contributed by atoms with van der Waals surface area (Å²) in [5.41, 5.74) is 1.03. The third kappa shape index (κ3) is 4.49. The van der Waals surface area contributed by atoms with Crippen molar-refractivity contribution >= 4 is 17.7 Å². The van der Waals surface area contributed by atoms with Crippen LogP contribution in [0.1, 0.15) is 23.0 Å². The average molecular weight is 392 g/mol. The van der Waals surface area contributed by atoms with Gasteiger partial charge in [0.1, 0.15) is 17.6 Å². The number of methoxy groups -OCH3 is 1. The van der Waals surface area contributed by atoms with E-state index in [2.05, 4.69) is 10.3 Å². The molecule has 0 fully saturated rings. The van der Waals surface area contributed by atoms with Crippen LogP contribution in [0.25, 0.3) is 6.08 Å². The molecule has 0 saturated heterocycles. The molecule has 0 aliphatic carbocycles. The fourth-order valence-electron chi connectivity index (χ4n) is 2.99. The molecule has 0 spiro atoms. The van der Waals surface area contributed by atoms with Crippen molar-refractivity contribution in [2.24, 2.45) is 7.05 Å². The van der Waals surface area contributed by atoms with Gasteiger partial charge in [-0.15, -0.1) is 0 Å². The quantitative estimate of drug-likeness (QED) is 0.378. The van der Waals surface area contributed by atoms with Gasteiger partial charge in [0.25, 0.3) is 5.69 Å². The summed E-state index contributed by atoms with van der Waals surface area (Å²) in [4.78, 5) is 27.7. The van der Waals surface area contributed by atoms with E-state index in [9.17, 15) is 14.9 Å². The zero-order chi connectivity index (χ0) is 20.8. The smallest absolute Gasteiger partial charge is 0.276 e. The average Bonchev–Trinajstić information content (AvgIpc) is 3.16. The van der Waals surface area contributed by atoms with Gasteiger partial charge in [0.2, 0.25) is 5.91 Å². The number of aromatic nitrogens is 2. The molecule has 0 radical (unpaired) electrons. The second-order valence-electron chi connectivity index (χ2n) is 6.23. The highest BCUT2D eigenvalue weighted by Crippen LogP contribution is 2.29. The lowest BCUT2D eigenvalue weighted by molar-refractivity contribution is -0.385. The number of nitrogens with zero attached hydrogens (tertiary/aromatic N) is 3. The van der Waals surface area contributed by atoms with Gasteiger partial charge in [0.15, 0.2) is 0 Å². The summed E-state index contributed by atoms with van der Waals surface area (Å²) in [6.07, 6.45) is 6.12. The Bertz CT molecular complexity index is 1060. The lowest BCUT2D eigenvalue weighted by atomic mass is 10.0. The summed E-state index contributed by atoms with van der Waals surface area (Å²) in [6, 6.07) is 13.0. The molecular weight excluding hydrogens is 372 g/mol. The van der Waals surface area contributed by atoms with Crippen LogP contribution in [-0.4, -0.2) is 27.5 Å². The van der Waals surface area contributed by atoms with E-state index in [-0.39, 0.29) is 5.69 Å². The summed E-state index contributed by atoms with van der Waals surface area (Å²) in [6.45, 7) is 0. The molecule has 29 heavy (non-hydrogen) atoms. The Morgan fingerprint density at radius 2 is 1.97 bits per heavy atom. The SMILES string of the molecule is COc1ccccc1C(NC(=O)/C=C/c1ccccc1[N+](=O)[O-])c1nccn1C. The molecule has 8 heteroatoms. The van der Waals surface area contributed by atoms with E-state index >= 15 is 0 Å². The monoisotopic (exact) mass is 392 g/mol. The van der Waals surface area contributed by atoms with E-state index < -0.39 is 16.9 Å². The lowest BCUT2D eigenvalue weighted by Gasteiger charge is -2.20. The van der Waals surface area contributed by atoms with E-state index in [1.807, 2.05) is 29.8 Å². The molecule has 3 rings (SSSR count). The van der Waals surface area contributed by atoms with E-state index in [0.29, 0.717) is 17.1 Å². The lowest BCUT2D eigenvalue weighted by Crippen LogP contribution is -2.30. The number of nitrogens with one attached hydrogen (secondary N) is 1. The highest BCUT2D eigenvalue weighted by Gasteiger charge is 2.23. The number of benzene rings is 2. The Hall–Kier alpha value is -3.94. The van der Waals surface area contributed by atoms with Crippen molar-refractivity contribution in [2.45, 2.75) is 6.04 Å². The predicted octanol–water partition coefficient (Wildman–Crippen LogP) is 3.26. The highest BCUT2D eigenvalue weighted by molar-refractivity contribution is 5.92. The minimum absolute atomic E-state index is 0.0677. The van der Waals surface area contributed by atoms with Crippen LogP contribution in [-0.2, 0) is 11.8 Å². The Morgan fingerprint density at radius 1 is 1.24 bits per heavy atom. The molecule has 0 saturated carbocycles. The fraction of sp³-hybridized carbons (Fsp3) is 0.143. The van der Waals surface area contributed by atoms with Crippen LogP contribution in [0.3, 0.4) is 0 Å². The minimum Gasteiger partial charge on any atom is -0.496 e. The van der Waals surface area contributed by atoms with Gasteiger partial charge in [-0.3, -0.25) is 14.9 Å². The molecule has 3 aromatic rings. The normalized spacial score (nSPS) is 11.9. The maximum Gasteiger partial charge on any atom is 0.276 e. The number of carbonyl (C=O) groups excluding carboxylic acids is 1. The van der Waals surface area contributed by atoms with Crippen molar-refractivity contribution in [3.05, 3.63) is 94.1 Å². The zero-order valence-electron chi connectivity index (χ0n) is 16.0. The van der Waals surface area contributed by atoms with Gasteiger partial charge in [0.05, 0.1) is 17.6 Å². The minimum atomic E-state index is -0.561. The van der Waals surface area contributed by atoms with Crippen molar-refractivity contribution in [1.29, 1.82) is 0 Å². The van der Waals surface area contributed by atoms with Crippen molar-refractivity contribution in [3.8, 4) is 5.75 Å². The number of aryl methyl sites for hydroxylation is 1. The largest absolute Gasteiger partial charge is 0.496 e. The number of nitro groups is 1. The van der Waals surface area contributed by atoms with Crippen LogP contribution in [0, 0.1) is 10.1 Å². The van der Waals surface area contributed by atoms with Crippen molar-refractivity contribution < 1.29 is 14.5 Å². The maximum atomic E-state index is 12.6. The first kappa shape index (κ1) is 19.8. The molecule has 0 bridgehead atoms. The summed E-state index contributed by atoms with van der Waals surface area (Å²) < 4.78 is 7.24. The number of ether oxygens (including phenoxy) is 1. The number of hydrogen-bond acceptors (Lipinski definition) is 5. The molecule has 1 heterocycles. The van der Waals surface area contributed by atoms with Crippen molar-refractivity contribution in [1.82, 2.24) is 14.9 Å². The number of carbonyl (C=O) groups is 1. The van der Waals surface area contributed by atoms with Crippen LogP contribution in [0.4, 0.5) is 5.69 Å². The van der Waals surface area contributed by atoms with Gasteiger partial charge in [0, 0.05) is 37.1 Å². The third-order valence-electron chi connectivity index (χ3n) is 4.40. The Labute approximate surface area is 167 Å². The molecule has 8 nitrogen and oxygen atoms in total. The number of imidazole rings is 1. The van der Waals surface area contributed by atoms with Crippen LogP contribution in [0.5, 0.6) is 5.75 Å². The number of para-hydroxylation sites is 2. The van der Waals surface area contributed by atoms with Crippen LogP contribution >= 0.6 is 0 Å². The highest BCUT2D eigenvalue weighted by atomic mass is 16.6. The molecule has 1 unspecified atom stereocenters. The zero-order valence-corrected chi connectivity index (χ0v) is 16.0. The molecule has 1 atom stereocenters. The molecule has 2 aromatic carbocycles. The van der Waals surface area contributed by atoms with Gasteiger partial charge in [-0.05, 0) is 18.2 Å². The fourth-order valence-corrected chi connectivity index (χ4v) is 2.99. The number of amides is 1. The van der Waals surface area contributed by atoms with Gasteiger partial charge in [-0.1, -0.05) is 30.3 Å². The first-order valence-corrected chi connectivity index (χ1v) is 8.83. The second-order valence-corrected chi connectivity index (χ2v) is 6.23. The van der Waals surface area contributed by atoms with Crippen LogP contribution < -0.4 is 10.1 Å². The van der Waals surface area contributed by atoms with E-state index in [0.717, 1.165) is 5.56 Å². The van der Waals surface area contributed by atoms with Gasteiger partial charge in [-0.2, -0.15) is 0 Å². The Kier molecular flexibility index (Phi) is 6.03. The predicted molar refractivity (Wildman–Crippen MR) is 108 cm³/mol. The Morgan fingerprint density at radius 3 is 2.66 bits per heavy atom. The molecular formula is C21H20N4O4. The molecule has 1 amide bonds. The van der Waals surface area contributed by atoms with Gasteiger partial charge >= 0.3 is 0 Å². The summed E-state index contributed by atoms with van der Waals surface area (Å²) >= 11 is 0. The number of nitro benzene ring substituents is 1. The maximum absolute atomic E-state index is 12.6. The van der Waals surface area contributed by atoms with Crippen LogP contribution in [0.2, 0.25) is 0 Å². The first-order chi connectivity index (χ1) is 14.0. The van der Waals surface area contributed by atoms with E-state index in [4.69, 9.17) is 4.74 Å². The third-order valence-corrected chi connectivity index (χ3v) is 4.40. The topological polar surface area (TPSA) is 99.3 Å². The van der Waals surface area contributed by atoms with E-state index in [1.165, 1.54) is 18.2 Å². The van der Waals surface area contributed by atoms with Gasteiger partial charge < -0.3 is 14.6 Å². The number of rotatable bonds is 7. The Balaban J connectivity index is 1.90. The molecule has 1 N–H and O–H groups in total.